The molecule has 0 bridgehead atoms. The maximum atomic E-state index is 13.1. The van der Waals surface area contributed by atoms with Crippen LogP contribution in [0.25, 0.3) is 0 Å². The van der Waals surface area contributed by atoms with Crippen LogP contribution in [-0.2, 0) is 9.59 Å². The molecule has 0 radical (unpaired) electrons. The summed E-state index contributed by atoms with van der Waals surface area (Å²) in [6.07, 6.45) is 1.21. The molecule has 1 atom stereocenters. The predicted molar refractivity (Wildman–Crippen MR) is 67.3 cm³/mol. The standard InChI is InChI=1S/C12H9F2N5O2/c13-7-2-1-6(3-8(7)14)16-11(21)9-4-10(20)17-12-18-15-5-19(9)12/h1-3,5,9H,4H2,(H,16,21)(H,17,18,20)/t9-/m0/s1. The highest BCUT2D eigenvalue weighted by Gasteiger charge is 2.31. The molecule has 0 aliphatic carbocycles. The van der Waals surface area contributed by atoms with Crippen molar-refractivity contribution in [2.45, 2.75) is 12.5 Å². The van der Waals surface area contributed by atoms with Crippen molar-refractivity contribution in [3.63, 3.8) is 0 Å². The van der Waals surface area contributed by atoms with E-state index in [1.807, 2.05) is 0 Å². The van der Waals surface area contributed by atoms with Gasteiger partial charge in [0.25, 0.3) is 0 Å². The molecule has 2 N–H and O–H groups in total. The lowest BCUT2D eigenvalue weighted by Crippen LogP contribution is -2.35. The van der Waals surface area contributed by atoms with E-state index in [9.17, 15) is 18.4 Å². The third-order valence-corrected chi connectivity index (χ3v) is 3.03. The molecule has 3 rings (SSSR count). The van der Waals surface area contributed by atoms with E-state index < -0.39 is 23.6 Å². The smallest absolute Gasteiger partial charge is 0.248 e. The second-order valence-electron chi connectivity index (χ2n) is 4.45. The third-order valence-electron chi connectivity index (χ3n) is 3.03. The molecule has 0 unspecified atom stereocenters. The Balaban J connectivity index is 1.83. The maximum absolute atomic E-state index is 13.1. The van der Waals surface area contributed by atoms with E-state index in [0.29, 0.717) is 0 Å². The molecule has 2 amide bonds. The van der Waals surface area contributed by atoms with Crippen LogP contribution in [0, 0.1) is 11.6 Å². The van der Waals surface area contributed by atoms with Crippen LogP contribution in [0.5, 0.6) is 0 Å². The largest absolute Gasteiger partial charge is 0.324 e. The van der Waals surface area contributed by atoms with E-state index in [2.05, 4.69) is 20.8 Å². The Morgan fingerprint density at radius 2 is 2.19 bits per heavy atom. The zero-order valence-electron chi connectivity index (χ0n) is 10.5. The molecule has 0 fully saturated rings. The molecule has 108 valence electrons. The number of anilines is 2. The summed E-state index contributed by atoms with van der Waals surface area (Å²) < 4.78 is 27.3. The van der Waals surface area contributed by atoms with Gasteiger partial charge in [0, 0.05) is 11.8 Å². The van der Waals surface area contributed by atoms with Crippen molar-refractivity contribution in [2.24, 2.45) is 0 Å². The normalized spacial score (nSPS) is 17.0. The molecule has 1 aliphatic rings. The van der Waals surface area contributed by atoms with Crippen molar-refractivity contribution in [3.05, 3.63) is 36.2 Å². The molecule has 1 aromatic carbocycles. The van der Waals surface area contributed by atoms with Gasteiger partial charge in [-0.2, -0.15) is 0 Å². The Hall–Kier alpha value is -2.84. The molecule has 21 heavy (non-hydrogen) atoms. The average Bonchev–Trinajstić information content (AvgIpc) is 2.90. The first-order valence-electron chi connectivity index (χ1n) is 6.00. The van der Waals surface area contributed by atoms with Crippen molar-refractivity contribution in [1.29, 1.82) is 0 Å². The Morgan fingerprint density at radius 3 is 2.95 bits per heavy atom. The highest BCUT2D eigenvalue weighted by Crippen LogP contribution is 2.24. The van der Waals surface area contributed by atoms with E-state index in [1.54, 1.807) is 0 Å². The average molecular weight is 293 g/mol. The first kappa shape index (κ1) is 13.2. The summed E-state index contributed by atoms with van der Waals surface area (Å²) in [5.74, 6) is -2.83. The zero-order chi connectivity index (χ0) is 15.0. The highest BCUT2D eigenvalue weighted by molar-refractivity contribution is 6.00. The summed E-state index contributed by atoms with van der Waals surface area (Å²) in [7, 11) is 0. The number of rotatable bonds is 2. The van der Waals surface area contributed by atoms with Gasteiger partial charge < -0.3 is 5.32 Å². The van der Waals surface area contributed by atoms with E-state index >= 15 is 0 Å². The number of nitrogens with zero attached hydrogens (tertiary/aromatic N) is 3. The van der Waals surface area contributed by atoms with Crippen LogP contribution in [0.15, 0.2) is 24.5 Å². The van der Waals surface area contributed by atoms with E-state index in [1.165, 1.54) is 17.0 Å². The number of nitrogens with one attached hydrogen (secondary N) is 2. The van der Waals surface area contributed by atoms with Gasteiger partial charge in [-0.1, -0.05) is 0 Å². The number of hydrogen-bond donors (Lipinski definition) is 2. The quantitative estimate of drug-likeness (QED) is 0.867. The Morgan fingerprint density at radius 1 is 1.38 bits per heavy atom. The first-order chi connectivity index (χ1) is 10.0. The third kappa shape index (κ3) is 2.45. The zero-order valence-corrected chi connectivity index (χ0v) is 10.5. The van der Waals surface area contributed by atoms with Gasteiger partial charge in [-0.3, -0.25) is 19.5 Å². The monoisotopic (exact) mass is 293 g/mol. The molecule has 0 saturated carbocycles. The van der Waals surface area contributed by atoms with Crippen LogP contribution < -0.4 is 10.6 Å². The number of amides is 2. The fourth-order valence-corrected chi connectivity index (χ4v) is 2.03. The number of carbonyl (C=O) groups is 2. The van der Waals surface area contributed by atoms with Crippen molar-refractivity contribution in [1.82, 2.24) is 14.8 Å². The van der Waals surface area contributed by atoms with Gasteiger partial charge in [-0.25, -0.2) is 8.78 Å². The number of halogens is 2. The van der Waals surface area contributed by atoms with Gasteiger partial charge in [0.05, 0.1) is 6.42 Å². The minimum Gasteiger partial charge on any atom is -0.324 e. The van der Waals surface area contributed by atoms with Gasteiger partial charge in [-0.15, -0.1) is 10.2 Å². The summed E-state index contributed by atoms with van der Waals surface area (Å²) in [5.41, 5.74) is 0.0968. The van der Waals surface area contributed by atoms with Crippen LogP contribution in [0.2, 0.25) is 0 Å². The Bertz CT molecular complexity index is 730. The topological polar surface area (TPSA) is 88.9 Å². The minimum absolute atomic E-state index is 0.0967. The SMILES string of the molecule is O=C1C[C@@H](C(=O)Nc2ccc(F)c(F)c2)n2cnnc2N1. The van der Waals surface area contributed by atoms with Crippen LogP contribution in [0.4, 0.5) is 20.4 Å². The van der Waals surface area contributed by atoms with Crippen LogP contribution >= 0.6 is 0 Å². The van der Waals surface area contributed by atoms with Gasteiger partial charge >= 0.3 is 0 Å². The lowest BCUT2D eigenvalue weighted by molar-refractivity contribution is -0.125. The fourth-order valence-electron chi connectivity index (χ4n) is 2.03. The molecule has 2 aromatic rings. The molecule has 1 aromatic heterocycles. The number of hydrogen-bond acceptors (Lipinski definition) is 4. The van der Waals surface area contributed by atoms with Gasteiger partial charge in [0.2, 0.25) is 17.8 Å². The summed E-state index contributed by atoms with van der Waals surface area (Å²) in [6.45, 7) is 0. The maximum Gasteiger partial charge on any atom is 0.248 e. The fraction of sp³-hybridized carbons (Fsp3) is 0.167. The van der Waals surface area contributed by atoms with Crippen molar-refractivity contribution in [3.8, 4) is 0 Å². The molecule has 7 nitrogen and oxygen atoms in total. The predicted octanol–water partition coefficient (Wildman–Crippen LogP) is 1.08. The summed E-state index contributed by atoms with van der Waals surface area (Å²) in [4.78, 5) is 23.7. The molecule has 2 heterocycles. The molecule has 0 saturated heterocycles. The molecule has 9 heteroatoms. The highest BCUT2D eigenvalue weighted by atomic mass is 19.2. The van der Waals surface area contributed by atoms with E-state index in [4.69, 9.17) is 0 Å². The van der Waals surface area contributed by atoms with Crippen molar-refractivity contribution in [2.75, 3.05) is 10.6 Å². The first-order valence-corrected chi connectivity index (χ1v) is 6.00. The second kappa shape index (κ2) is 4.93. The number of carbonyl (C=O) groups excluding carboxylic acids is 2. The number of benzene rings is 1. The van der Waals surface area contributed by atoms with E-state index in [0.717, 1.165) is 12.1 Å². The minimum atomic E-state index is -1.07. The molecular formula is C12H9F2N5O2. The van der Waals surface area contributed by atoms with Gasteiger partial charge in [0.1, 0.15) is 12.4 Å². The summed E-state index contributed by atoms with van der Waals surface area (Å²) >= 11 is 0. The van der Waals surface area contributed by atoms with Gasteiger partial charge in [0.15, 0.2) is 11.6 Å². The lowest BCUT2D eigenvalue weighted by atomic mass is 10.1. The molecule has 1 aliphatic heterocycles. The summed E-state index contributed by atoms with van der Waals surface area (Å²) in [6, 6.07) is 2.15. The van der Waals surface area contributed by atoms with Crippen LogP contribution in [0.1, 0.15) is 12.5 Å². The van der Waals surface area contributed by atoms with Crippen LogP contribution in [0.3, 0.4) is 0 Å². The van der Waals surface area contributed by atoms with Crippen molar-refractivity contribution < 1.29 is 18.4 Å². The van der Waals surface area contributed by atoms with Gasteiger partial charge in [-0.05, 0) is 12.1 Å². The number of fused-ring (bicyclic) bond motifs is 1. The lowest BCUT2D eigenvalue weighted by Gasteiger charge is -2.23. The van der Waals surface area contributed by atoms with Crippen molar-refractivity contribution >= 4 is 23.5 Å². The molecular weight excluding hydrogens is 284 g/mol. The molecule has 0 spiro atoms. The number of aromatic nitrogens is 3. The Kier molecular flexibility index (Phi) is 3.09. The second-order valence-corrected chi connectivity index (χ2v) is 4.45. The van der Waals surface area contributed by atoms with E-state index in [-0.39, 0.29) is 24.0 Å². The Labute approximate surface area is 117 Å². The van der Waals surface area contributed by atoms with Crippen LogP contribution in [-0.4, -0.2) is 26.6 Å². The summed E-state index contributed by atoms with van der Waals surface area (Å²) in [5, 5.41) is 12.2.